The Kier molecular flexibility index (Phi) is 10.5. The topological polar surface area (TPSA) is 122 Å². The molecule has 4 aromatic carbocycles. The zero-order chi connectivity index (χ0) is 34.8. The molecule has 5 aromatic rings. The van der Waals surface area contributed by atoms with Gasteiger partial charge in [0.05, 0.1) is 23.2 Å². The largest absolute Gasteiger partial charge is 0.507 e. The van der Waals surface area contributed by atoms with Gasteiger partial charge in [-0.1, -0.05) is 82.2 Å². The first-order valence-corrected chi connectivity index (χ1v) is 18.0. The Labute approximate surface area is 308 Å². The fraction of sp³-hybridized carbons (Fsp3) is 0.143. The first-order valence-electron chi connectivity index (χ1n) is 14.6. The second-order valence-electron chi connectivity index (χ2n) is 10.9. The Balaban J connectivity index is 1.35. The van der Waals surface area contributed by atoms with E-state index in [0.29, 0.717) is 43.6 Å². The fourth-order valence-electron chi connectivity index (χ4n) is 5.22. The number of hydrogen-bond donors (Lipinski definition) is 2. The smallest absolute Gasteiger partial charge is 0.301 e. The van der Waals surface area contributed by atoms with Crippen molar-refractivity contribution in [1.29, 1.82) is 0 Å². The lowest BCUT2D eigenvalue weighted by molar-refractivity contribution is -0.132. The number of aryl methyl sites for hydroxylation is 1. The second-order valence-corrected chi connectivity index (χ2v) is 14.8. The van der Waals surface area contributed by atoms with Crippen LogP contribution in [0, 0.1) is 6.92 Å². The van der Waals surface area contributed by atoms with Gasteiger partial charge in [-0.15, -0.1) is 10.2 Å². The van der Waals surface area contributed by atoms with Gasteiger partial charge in [0.1, 0.15) is 18.1 Å². The van der Waals surface area contributed by atoms with Crippen molar-refractivity contribution in [3.63, 3.8) is 0 Å². The van der Waals surface area contributed by atoms with E-state index in [-0.39, 0.29) is 26.7 Å². The summed E-state index contributed by atoms with van der Waals surface area (Å²) >= 11 is 18.2. The molecule has 1 unspecified atom stereocenters. The number of ketones is 1. The Morgan fingerprint density at radius 2 is 1.82 bits per heavy atom. The van der Waals surface area contributed by atoms with Gasteiger partial charge in [-0.25, -0.2) is 0 Å². The van der Waals surface area contributed by atoms with Crippen molar-refractivity contribution >= 4 is 84.8 Å². The quantitative estimate of drug-likeness (QED) is 0.0469. The third-order valence-corrected chi connectivity index (χ3v) is 10.9. The molecule has 0 radical (unpaired) electrons. The molecule has 2 N–H and O–H groups in total. The molecule has 1 saturated heterocycles. The number of benzene rings is 4. The SMILES string of the molecule is COc1cc(C2/C(=C(\O)c3ccc(OCc4cccc(C)c4)cc3)C(=O)C(=O)N2c2nnc(SCc3ccc(Cl)cc3Cl)s2)cc(Br)c1O. The summed E-state index contributed by atoms with van der Waals surface area (Å²) in [6.07, 6.45) is 0. The molecule has 0 spiro atoms. The number of aromatic hydroxyl groups is 1. The van der Waals surface area contributed by atoms with E-state index >= 15 is 0 Å². The molecule has 0 aliphatic carbocycles. The number of Topliss-reactive ketones (excluding diaryl/α,β-unsaturated/α-hetero) is 1. The molecule has 1 aromatic heterocycles. The van der Waals surface area contributed by atoms with Crippen molar-refractivity contribution in [3.8, 4) is 17.2 Å². The molecule has 1 atom stereocenters. The molecule has 1 amide bonds. The molecule has 6 rings (SSSR count). The number of aliphatic hydroxyl groups is 1. The highest BCUT2D eigenvalue weighted by Crippen LogP contribution is 2.47. The van der Waals surface area contributed by atoms with E-state index in [4.69, 9.17) is 32.7 Å². The summed E-state index contributed by atoms with van der Waals surface area (Å²) in [5, 5.41) is 31.8. The minimum atomic E-state index is -1.14. The van der Waals surface area contributed by atoms with Crippen LogP contribution in [0.25, 0.3) is 5.76 Å². The van der Waals surface area contributed by atoms with Crippen LogP contribution >= 0.6 is 62.2 Å². The van der Waals surface area contributed by atoms with Crippen LogP contribution in [0.3, 0.4) is 0 Å². The maximum absolute atomic E-state index is 13.7. The zero-order valence-corrected chi connectivity index (χ0v) is 30.5. The fourth-order valence-corrected chi connectivity index (χ4v) is 8.11. The Bertz CT molecular complexity index is 2110. The van der Waals surface area contributed by atoms with E-state index in [1.165, 1.54) is 29.8 Å². The maximum Gasteiger partial charge on any atom is 0.301 e. The maximum atomic E-state index is 13.7. The molecular formula is C35H26BrCl2N3O6S2. The minimum Gasteiger partial charge on any atom is -0.507 e. The molecule has 0 saturated carbocycles. The third kappa shape index (κ3) is 7.43. The van der Waals surface area contributed by atoms with Crippen LogP contribution in [0.1, 0.15) is 33.9 Å². The van der Waals surface area contributed by atoms with Crippen molar-refractivity contribution in [2.24, 2.45) is 0 Å². The van der Waals surface area contributed by atoms with Crippen molar-refractivity contribution in [3.05, 3.63) is 127 Å². The number of aromatic nitrogens is 2. The van der Waals surface area contributed by atoms with E-state index in [1.54, 1.807) is 42.5 Å². The van der Waals surface area contributed by atoms with Gasteiger partial charge < -0.3 is 19.7 Å². The van der Waals surface area contributed by atoms with Crippen molar-refractivity contribution < 1.29 is 29.3 Å². The lowest BCUT2D eigenvalue weighted by Crippen LogP contribution is -2.29. The number of methoxy groups -OCH3 is 1. The van der Waals surface area contributed by atoms with E-state index in [9.17, 15) is 19.8 Å². The summed E-state index contributed by atoms with van der Waals surface area (Å²) < 4.78 is 12.1. The lowest BCUT2D eigenvalue weighted by Gasteiger charge is -2.23. The third-order valence-electron chi connectivity index (χ3n) is 7.61. The summed E-state index contributed by atoms with van der Waals surface area (Å²) in [5.41, 5.74) is 3.46. The van der Waals surface area contributed by atoms with Crippen molar-refractivity contribution in [2.75, 3.05) is 12.0 Å². The van der Waals surface area contributed by atoms with Crippen LogP contribution in [0.2, 0.25) is 10.0 Å². The summed E-state index contributed by atoms with van der Waals surface area (Å²) in [5.74, 6) is -1.26. The molecule has 1 fully saturated rings. The number of aliphatic hydroxyl groups excluding tert-OH is 1. The molecule has 1 aliphatic heterocycles. The average molecular weight is 800 g/mol. The monoisotopic (exact) mass is 797 g/mol. The first kappa shape index (κ1) is 34.8. The first-order chi connectivity index (χ1) is 23.5. The number of hydrogen-bond acceptors (Lipinski definition) is 10. The van der Waals surface area contributed by atoms with Crippen molar-refractivity contribution in [2.45, 2.75) is 29.7 Å². The average Bonchev–Trinajstić information content (AvgIpc) is 3.66. The van der Waals surface area contributed by atoms with E-state index in [0.717, 1.165) is 28.0 Å². The number of carbonyl (C=O) groups is 2. The van der Waals surface area contributed by atoms with E-state index in [2.05, 4.69) is 26.1 Å². The van der Waals surface area contributed by atoms with Gasteiger partial charge in [0, 0.05) is 21.4 Å². The van der Waals surface area contributed by atoms with Crippen LogP contribution < -0.4 is 14.4 Å². The molecule has 0 bridgehead atoms. The Hall–Kier alpha value is -4.07. The standard InChI is InChI=1S/C35H26BrCl2N3O6S2/c1-18-4-3-5-19(12-18)16-47-24-10-7-20(8-11-24)30(42)28-29(22-13-25(36)31(43)27(14-22)46-2)41(33(45)32(28)44)34-39-40-35(49-34)48-17-21-6-9-23(37)15-26(21)38/h3-15,29,42-43H,16-17H2,1-2H3/b30-28+. The van der Waals surface area contributed by atoms with Gasteiger partial charge >= 0.3 is 5.91 Å². The second kappa shape index (κ2) is 14.8. The molecule has 9 nitrogen and oxygen atoms in total. The highest BCUT2D eigenvalue weighted by molar-refractivity contribution is 9.10. The molecule has 250 valence electrons. The number of nitrogens with zero attached hydrogens (tertiary/aromatic N) is 3. The van der Waals surface area contributed by atoms with Gasteiger partial charge in [0.25, 0.3) is 5.78 Å². The molecule has 14 heteroatoms. The highest BCUT2D eigenvalue weighted by atomic mass is 79.9. The molecule has 1 aliphatic rings. The number of rotatable bonds is 10. The number of carbonyl (C=O) groups excluding carboxylic acids is 2. The number of thioether (sulfide) groups is 1. The normalized spacial score (nSPS) is 15.5. The minimum absolute atomic E-state index is 0.0958. The molecule has 49 heavy (non-hydrogen) atoms. The molecule has 2 heterocycles. The number of anilines is 1. The van der Waals surface area contributed by atoms with Crippen LogP contribution in [-0.2, 0) is 21.9 Å². The predicted octanol–water partition coefficient (Wildman–Crippen LogP) is 9.13. The number of halogens is 3. The Morgan fingerprint density at radius 3 is 2.53 bits per heavy atom. The van der Waals surface area contributed by atoms with Crippen molar-refractivity contribution in [1.82, 2.24) is 10.2 Å². The zero-order valence-electron chi connectivity index (χ0n) is 25.8. The predicted molar refractivity (Wildman–Crippen MR) is 195 cm³/mol. The van der Waals surface area contributed by atoms with Gasteiger partial charge in [0.2, 0.25) is 5.13 Å². The van der Waals surface area contributed by atoms with Crippen LogP contribution in [0.5, 0.6) is 17.2 Å². The summed E-state index contributed by atoms with van der Waals surface area (Å²) in [6.45, 7) is 2.36. The summed E-state index contributed by atoms with van der Waals surface area (Å²) in [4.78, 5) is 28.7. The van der Waals surface area contributed by atoms with Gasteiger partial charge in [-0.05, 0) is 88.1 Å². The molecular weight excluding hydrogens is 773 g/mol. The summed E-state index contributed by atoms with van der Waals surface area (Å²) in [6, 6.07) is 21.7. The van der Waals surface area contributed by atoms with Gasteiger partial charge in [-0.3, -0.25) is 14.5 Å². The van der Waals surface area contributed by atoms with Gasteiger partial charge in [0.15, 0.2) is 15.8 Å². The van der Waals surface area contributed by atoms with Crippen LogP contribution in [-0.4, -0.2) is 39.2 Å². The van der Waals surface area contributed by atoms with E-state index in [1.807, 2.05) is 37.3 Å². The number of phenols is 1. The van der Waals surface area contributed by atoms with Gasteiger partial charge in [-0.2, -0.15) is 0 Å². The van der Waals surface area contributed by atoms with Crippen LogP contribution in [0.4, 0.5) is 5.13 Å². The summed E-state index contributed by atoms with van der Waals surface area (Å²) in [7, 11) is 1.38. The number of amides is 1. The lowest BCUT2D eigenvalue weighted by atomic mass is 9.95. The number of ether oxygens (including phenoxy) is 2. The number of phenolic OH excluding ortho intramolecular Hbond substituents is 1. The van der Waals surface area contributed by atoms with Crippen LogP contribution in [0.15, 0.2) is 93.2 Å². The Morgan fingerprint density at radius 1 is 1.04 bits per heavy atom. The highest BCUT2D eigenvalue weighted by Gasteiger charge is 2.48. The van der Waals surface area contributed by atoms with E-state index < -0.39 is 23.5 Å².